The Morgan fingerprint density at radius 2 is 1.89 bits per heavy atom. The van der Waals surface area contributed by atoms with Gasteiger partial charge in [-0.25, -0.2) is 9.40 Å². The first-order valence-corrected chi connectivity index (χ1v) is 10.1. The first-order valence-electron chi connectivity index (χ1n) is 8.92. The summed E-state index contributed by atoms with van der Waals surface area (Å²) in [6.45, 7) is 0. The number of hydrogen-bond donors (Lipinski definition) is 0. The highest BCUT2D eigenvalue weighted by Crippen LogP contribution is 2.48. The largest absolute Gasteiger partial charge is 0.464 e. The topological polar surface area (TPSA) is 24.8 Å². The van der Waals surface area contributed by atoms with E-state index in [9.17, 15) is 4.39 Å². The third kappa shape index (κ3) is 3.09. The molecule has 0 unspecified atom stereocenters. The Morgan fingerprint density at radius 1 is 1.07 bits per heavy atom. The second kappa shape index (κ2) is 6.90. The molecule has 0 aromatic heterocycles. The fourth-order valence-corrected chi connectivity index (χ4v) is 4.33. The summed E-state index contributed by atoms with van der Waals surface area (Å²) in [7, 11) is 0. The third-order valence-corrected chi connectivity index (χ3v) is 5.79. The predicted molar refractivity (Wildman–Crippen MR) is 111 cm³/mol. The molecule has 2 aliphatic rings. The van der Waals surface area contributed by atoms with Crippen molar-refractivity contribution < 1.29 is 9.13 Å². The summed E-state index contributed by atoms with van der Waals surface area (Å²) in [4.78, 5) is 0. The zero-order valence-corrected chi connectivity index (χ0v) is 17.0. The van der Waals surface area contributed by atoms with Gasteiger partial charge in [-0.2, -0.15) is 5.10 Å². The molecule has 3 aromatic carbocycles. The minimum atomic E-state index is -0.379. The summed E-state index contributed by atoms with van der Waals surface area (Å²) in [6.07, 6.45) is 0.338. The van der Waals surface area contributed by atoms with Crippen LogP contribution in [0.4, 0.5) is 4.39 Å². The Morgan fingerprint density at radius 3 is 2.68 bits per heavy atom. The van der Waals surface area contributed by atoms with Gasteiger partial charge in [0.05, 0.1) is 11.8 Å². The fourth-order valence-electron chi connectivity index (χ4n) is 3.76. The van der Waals surface area contributed by atoms with Crippen LogP contribution in [-0.4, -0.2) is 10.7 Å². The molecule has 0 saturated heterocycles. The second-order valence-electron chi connectivity index (χ2n) is 6.86. The van der Waals surface area contributed by atoms with Crippen LogP contribution in [0.1, 0.15) is 35.4 Å². The van der Waals surface area contributed by atoms with Gasteiger partial charge in [-0.05, 0) is 48.0 Å². The second-order valence-corrected chi connectivity index (χ2v) is 8.21. The third-order valence-electron chi connectivity index (χ3n) is 5.06. The summed E-state index contributed by atoms with van der Waals surface area (Å²) in [6, 6.07) is 20.2. The van der Waals surface area contributed by atoms with E-state index in [2.05, 4.69) is 22.0 Å². The van der Waals surface area contributed by atoms with E-state index in [1.54, 1.807) is 12.1 Å². The molecule has 0 amide bonds. The molecular formula is C22H15BrClFN2O. The lowest BCUT2D eigenvalue weighted by molar-refractivity contribution is -0.0190. The lowest BCUT2D eigenvalue weighted by atomic mass is 9.96. The van der Waals surface area contributed by atoms with Gasteiger partial charge in [0.15, 0.2) is 0 Å². The van der Waals surface area contributed by atoms with Crippen LogP contribution < -0.4 is 4.74 Å². The molecule has 0 saturated carbocycles. The number of hydrogen-bond acceptors (Lipinski definition) is 3. The number of halogens is 3. The molecule has 5 rings (SSSR count). The zero-order valence-electron chi connectivity index (χ0n) is 14.6. The van der Waals surface area contributed by atoms with E-state index in [1.165, 1.54) is 12.1 Å². The van der Waals surface area contributed by atoms with E-state index in [0.717, 1.165) is 39.0 Å². The van der Waals surface area contributed by atoms with Gasteiger partial charge in [0.2, 0.25) is 6.23 Å². The minimum absolute atomic E-state index is 0.0327. The molecule has 0 N–H and O–H groups in total. The van der Waals surface area contributed by atoms with Crippen molar-refractivity contribution in [3.63, 3.8) is 0 Å². The fraction of sp³-hybridized carbons (Fsp3) is 0.136. The van der Waals surface area contributed by atoms with Crippen molar-refractivity contribution in [1.29, 1.82) is 0 Å². The van der Waals surface area contributed by atoms with Crippen molar-refractivity contribution in [2.75, 3.05) is 0 Å². The maximum atomic E-state index is 13.3. The standard InChI is InChI=1S/C22H15BrClFN2O/c23-15-6-9-21-18(11-15)20-12-19(13-4-7-17(25)8-5-13)26-27(20)22(28-21)14-2-1-3-16(24)10-14/h1-11,20,22H,12H2/t20-,22+/m1/s1. The van der Waals surface area contributed by atoms with Crippen LogP contribution >= 0.6 is 27.5 Å². The molecule has 3 aromatic rings. The highest BCUT2D eigenvalue weighted by molar-refractivity contribution is 9.10. The van der Waals surface area contributed by atoms with Gasteiger partial charge in [0, 0.05) is 27.0 Å². The van der Waals surface area contributed by atoms with Crippen molar-refractivity contribution in [2.45, 2.75) is 18.7 Å². The lowest BCUT2D eigenvalue weighted by Gasteiger charge is -2.38. The number of rotatable bonds is 2. The first-order chi connectivity index (χ1) is 13.6. The molecular weight excluding hydrogens is 443 g/mol. The van der Waals surface area contributed by atoms with E-state index < -0.39 is 0 Å². The Hall–Kier alpha value is -2.37. The monoisotopic (exact) mass is 456 g/mol. The molecule has 0 radical (unpaired) electrons. The van der Waals surface area contributed by atoms with Gasteiger partial charge >= 0.3 is 0 Å². The van der Waals surface area contributed by atoms with Crippen LogP contribution in [-0.2, 0) is 0 Å². The van der Waals surface area contributed by atoms with E-state index in [1.807, 2.05) is 41.4 Å². The van der Waals surface area contributed by atoms with Crippen LogP contribution in [0.15, 0.2) is 76.3 Å². The average Bonchev–Trinajstić information content (AvgIpc) is 3.14. The molecule has 0 fully saturated rings. The van der Waals surface area contributed by atoms with Crippen LogP contribution in [0.25, 0.3) is 0 Å². The summed E-state index contributed by atoms with van der Waals surface area (Å²) < 4.78 is 20.7. The molecule has 28 heavy (non-hydrogen) atoms. The summed E-state index contributed by atoms with van der Waals surface area (Å²) >= 11 is 9.77. The molecule has 6 heteroatoms. The lowest BCUT2D eigenvalue weighted by Crippen LogP contribution is -2.33. The van der Waals surface area contributed by atoms with Crippen LogP contribution in [0.2, 0.25) is 5.02 Å². The van der Waals surface area contributed by atoms with E-state index in [-0.39, 0.29) is 18.1 Å². The van der Waals surface area contributed by atoms with Crippen molar-refractivity contribution in [1.82, 2.24) is 5.01 Å². The van der Waals surface area contributed by atoms with Crippen LogP contribution in [0.5, 0.6) is 5.75 Å². The molecule has 0 bridgehead atoms. The highest BCUT2D eigenvalue weighted by atomic mass is 79.9. The van der Waals surface area contributed by atoms with Gasteiger partial charge in [0.1, 0.15) is 11.6 Å². The van der Waals surface area contributed by atoms with Crippen molar-refractivity contribution in [2.24, 2.45) is 5.10 Å². The van der Waals surface area contributed by atoms with E-state index >= 15 is 0 Å². The van der Waals surface area contributed by atoms with E-state index in [0.29, 0.717) is 5.02 Å². The molecule has 3 nitrogen and oxygen atoms in total. The van der Waals surface area contributed by atoms with Gasteiger partial charge < -0.3 is 4.74 Å². The predicted octanol–water partition coefficient (Wildman–Crippen LogP) is 6.48. The van der Waals surface area contributed by atoms with Gasteiger partial charge in [-0.3, -0.25) is 0 Å². The maximum Gasteiger partial charge on any atom is 0.213 e. The summed E-state index contributed by atoms with van der Waals surface area (Å²) in [5.74, 6) is 0.583. The first kappa shape index (κ1) is 17.7. The number of fused-ring (bicyclic) bond motifs is 3. The Labute approximate surface area is 175 Å². The molecule has 0 spiro atoms. The number of benzene rings is 3. The normalized spacial score (nSPS) is 20.2. The summed E-state index contributed by atoms with van der Waals surface area (Å²) in [5, 5.41) is 7.51. The van der Waals surface area contributed by atoms with Crippen molar-refractivity contribution >= 4 is 33.2 Å². The van der Waals surface area contributed by atoms with Crippen molar-refractivity contribution in [3.8, 4) is 5.75 Å². The van der Waals surface area contributed by atoms with E-state index in [4.69, 9.17) is 21.4 Å². The molecule has 0 aliphatic carbocycles. The minimum Gasteiger partial charge on any atom is -0.464 e. The number of nitrogens with zero attached hydrogens (tertiary/aromatic N) is 2. The highest BCUT2D eigenvalue weighted by Gasteiger charge is 2.41. The quantitative estimate of drug-likeness (QED) is 0.440. The number of hydrazone groups is 1. The Balaban J connectivity index is 1.61. The molecule has 2 aliphatic heterocycles. The molecule has 2 heterocycles. The SMILES string of the molecule is Fc1ccc(C2=NN3[C@H](C2)c2cc(Br)ccc2O[C@H]3c2cccc(Cl)c2)cc1. The van der Waals surface area contributed by atoms with Crippen LogP contribution in [0, 0.1) is 5.82 Å². The average molecular weight is 458 g/mol. The molecule has 140 valence electrons. The molecule has 2 atom stereocenters. The maximum absolute atomic E-state index is 13.3. The Bertz CT molecular complexity index is 1090. The Kier molecular flexibility index (Phi) is 4.37. The van der Waals surface area contributed by atoms with Gasteiger partial charge in [-0.1, -0.05) is 51.8 Å². The zero-order chi connectivity index (χ0) is 19.3. The smallest absolute Gasteiger partial charge is 0.213 e. The van der Waals surface area contributed by atoms with Crippen LogP contribution in [0.3, 0.4) is 0 Å². The van der Waals surface area contributed by atoms with Gasteiger partial charge in [-0.15, -0.1) is 0 Å². The van der Waals surface area contributed by atoms with Gasteiger partial charge in [0.25, 0.3) is 0 Å². The summed E-state index contributed by atoms with van der Waals surface area (Å²) in [5.41, 5.74) is 3.84. The van der Waals surface area contributed by atoms with Crippen molar-refractivity contribution in [3.05, 3.63) is 98.7 Å². The number of ether oxygens (including phenoxy) is 1.